The first-order valence-corrected chi connectivity index (χ1v) is 6.70. The molecule has 0 saturated heterocycles. The van der Waals surface area contributed by atoms with Crippen LogP contribution in [0.25, 0.3) is 16.9 Å². The maximum Gasteiger partial charge on any atom is 0.269 e. The van der Waals surface area contributed by atoms with Crippen LogP contribution in [-0.2, 0) is 6.42 Å². The molecule has 108 valence electrons. The number of hydrogen-bond acceptors (Lipinski definition) is 4. The molecular weight excluding hydrogens is 280 g/mol. The maximum atomic E-state index is 10.7. The molecule has 0 saturated carbocycles. The fraction of sp³-hybridized carbons (Fsp3) is 0.125. The van der Waals surface area contributed by atoms with Gasteiger partial charge in [0.25, 0.3) is 5.69 Å². The van der Waals surface area contributed by atoms with E-state index >= 15 is 0 Å². The summed E-state index contributed by atoms with van der Waals surface area (Å²) in [6.45, 7) is 1.95. The van der Waals surface area contributed by atoms with Gasteiger partial charge in [0.15, 0.2) is 0 Å². The first-order valence-electron chi connectivity index (χ1n) is 6.70. The van der Waals surface area contributed by atoms with E-state index in [1.54, 1.807) is 12.1 Å². The number of hydrogen-bond donors (Lipinski definition) is 0. The molecule has 0 fully saturated rings. The number of nitro groups is 1. The van der Waals surface area contributed by atoms with Gasteiger partial charge >= 0.3 is 0 Å². The monoisotopic (exact) mass is 292 g/mol. The van der Waals surface area contributed by atoms with Gasteiger partial charge in [-0.25, -0.2) is 4.98 Å². The number of fused-ring (bicyclic) bond motifs is 1. The van der Waals surface area contributed by atoms with Crippen LogP contribution in [-0.4, -0.2) is 14.3 Å². The number of aromatic nitrogens is 2. The third-order valence-corrected chi connectivity index (χ3v) is 3.53. The van der Waals surface area contributed by atoms with E-state index in [-0.39, 0.29) is 12.1 Å². The summed E-state index contributed by atoms with van der Waals surface area (Å²) in [4.78, 5) is 14.9. The van der Waals surface area contributed by atoms with Crippen molar-refractivity contribution in [2.75, 3.05) is 0 Å². The largest absolute Gasteiger partial charge is 0.300 e. The van der Waals surface area contributed by atoms with E-state index < -0.39 is 4.92 Å². The summed E-state index contributed by atoms with van der Waals surface area (Å²) in [5.41, 5.74) is 4.03. The zero-order chi connectivity index (χ0) is 15.7. The SMILES string of the molecule is Cc1cccc2nc(-c3ccc([N+](=O)[O-])cc3)c(CC#N)n12. The average Bonchev–Trinajstić information content (AvgIpc) is 2.88. The second-order valence-corrected chi connectivity index (χ2v) is 4.91. The number of non-ortho nitro benzene ring substituents is 1. The van der Waals surface area contributed by atoms with E-state index in [2.05, 4.69) is 11.1 Å². The average molecular weight is 292 g/mol. The molecule has 0 radical (unpaired) electrons. The van der Waals surface area contributed by atoms with Crippen molar-refractivity contribution in [2.24, 2.45) is 0 Å². The number of pyridine rings is 1. The quantitative estimate of drug-likeness (QED) is 0.547. The van der Waals surface area contributed by atoms with Crippen LogP contribution in [0.3, 0.4) is 0 Å². The Balaban J connectivity index is 2.22. The van der Waals surface area contributed by atoms with E-state index in [1.807, 2.05) is 29.5 Å². The van der Waals surface area contributed by atoms with Crippen LogP contribution in [0.5, 0.6) is 0 Å². The van der Waals surface area contributed by atoms with E-state index in [4.69, 9.17) is 5.26 Å². The summed E-state index contributed by atoms with van der Waals surface area (Å²) >= 11 is 0. The Morgan fingerprint density at radius 1 is 1.27 bits per heavy atom. The van der Waals surface area contributed by atoms with Gasteiger partial charge < -0.3 is 0 Å². The van der Waals surface area contributed by atoms with Crippen LogP contribution < -0.4 is 0 Å². The van der Waals surface area contributed by atoms with Gasteiger partial charge in [-0.15, -0.1) is 0 Å². The number of nitrogens with zero attached hydrogens (tertiary/aromatic N) is 4. The Bertz CT molecular complexity index is 904. The van der Waals surface area contributed by atoms with Crippen LogP contribution >= 0.6 is 0 Å². The second kappa shape index (κ2) is 5.30. The summed E-state index contributed by atoms with van der Waals surface area (Å²) in [6, 6.07) is 14.1. The number of rotatable bonds is 3. The van der Waals surface area contributed by atoms with Gasteiger partial charge in [0, 0.05) is 23.4 Å². The molecule has 3 aromatic rings. The van der Waals surface area contributed by atoms with Gasteiger partial charge in [-0.2, -0.15) is 5.26 Å². The van der Waals surface area contributed by atoms with Crippen molar-refractivity contribution >= 4 is 11.3 Å². The predicted molar refractivity (Wildman–Crippen MR) is 81.3 cm³/mol. The van der Waals surface area contributed by atoms with Gasteiger partial charge in [-0.05, 0) is 31.2 Å². The second-order valence-electron chi connectivity index (χ2n) is 4.91. The van der Waals surface area contributed by atoms with Crippen molar-refractivity contribution in [1.82, 2.24) is 9.38 Å². The van der Waals surface area contributed by atoms with E-state index in [9.17, 15) is 10.1 Å². The summed E-state index contributed by atoms with van der Waals surface area (Å²) in [5.74, 6) is 0. The first-order chi connectivity index (χ1) is 10.6. The summed E-state index contributed by atoms with van der Waals surface area (Å²) < 4.78 is 1.94. The number of nitriles is 1. The Hall–Kier alpha value is -3.20. The van der Waals surface area contributed by atoms with Crippen molar-refractivity contribution in [1.29, 1.82) is 5.26 Å². The van der Waals surface area contributed by atoms with Crippen molar-refractivity contribution in [2.45, 2.75) is 13.3 Å². The number of nitro benzene ring substituents is 1. The van der Waals surface area contributed by atoms with Crippen molar-refractivity contribution in [3.8, 4) is 17.3 Å². The lowest BCUT2D eigenvalue weighted by atomic mass is 10.1. The molecular formula is C16H12N4O2. The highest BCUT2D eigenvalue weighted by atomic mass is 16.6. The predicted octanol–water partition coefficient (Wildman–Crippen LogP) is 3.28. The lowest BCUT2D eigenvalue weighted by Crippen LogP contribution is -1.97. The summed E-state index contributed by atoms with van der Waals surface area (Å²) in [7, 11) is 0. The van der Waals surface area contributed by atoms with E-state index in [0.29, 0.717) is 5.69 Å². The summed E-state index contributed by atoms with van der Waals surface area (Å²) in [6.07, 6.45) is 0.221. The van der Waals surface area contributed by atoms with Gasteiger partial charge in [-0.1, -0.05) is 6.07 Å². The number of aryl methyl sites for hydroxylation is 1. The van der Waals surface area contributed by atoms with Crippen LogP contribution in [0.2, 0.25) is 0 Å². The molecule has 0 aliphatic heterocycles. The van der Waals surface area contributed by atoms with Crippen LogP contribution in [0.15, 0.2) is 42.5 Å². The lowest BCUT2D eigenvalue weighted by molar-refractivity contribution is -0.384. The fourth-order valence-electron chi connectivity index (χ4n) is 2.54. The molecule has 0 amide bonds. The standard InChI is InChI=1S/C16H12N4O2/c1-11-3-2-4-15-18-16(14(9-10-17)19(11)15)12-5-7-13(8-6-12)20(21)22/h2-8H,9H2,1H3. The molecule has 6 heteroatoms. The zero-order valence-corrected chi connectivity index (χ0v) is 11.9. The third kappa shape index (κ3) is 2.19. The van der Waals surface area contributed by atoms with E-state index in [1.165, 1.54) is 12.1 Å². The molecule has 2 heterocycles. The minimum Gasteiger partial charge on any atom is -0.300 e. The Kier molecular flexibility index (Phi) is 3.31. The highest BCUT2D eigenvalue weighted by Crippen LogP contribution is 2.27. The molecule has 0 aliphatic rings. The first kappa shape index (κ1) is 13.8. The molecule has 0 N–H and O–H groups in total. The van der Waals surface area contributed by atoms with Crippen LogP contribution in [0.1, 0.15) is 11.4 Å². The Morgan fingerprint density at radius 3 is 2.64 bits per heavy atom. The molecule has 0 unspecified atom stereocenters. The molecule has 0 bridgehead atoms. The summed E-state index contributed by atoms with van der Waals surface area (Å²) in [5, 5.41) is 19.8. The number of benzene rings is 1. The highest BCUT2D eigenvalue weighted by molar-refractivity contribution is 5.68. The molecule has 3 rings (SSSR count). The minimum absolute atomic E-state index is 0.0329. The third-order valence-electron chi connectivity index (χ3n) is 3.53. The molecule has 2 aromatic heterocycles. The molecule has 0 atom stereocenters. The molecule has 1 aromatic carbocycles. The van der Waals surface area contributed by atoms with Crippen molar-refractivity contribution in [3.63, 3.8) is 0 Å². The van der Waals surface area contributed by atoms with Gasteiger partial charge in [0.2, 0.25) is 0 Å². The van der Waals surface area contributed by atoms with Gasteiger partial charge in [-0.3, -0.25) is 14.5 Å². The lowest BCUT2D eigenvalue weighted by Gasteiger charge is -2.04. The van der Waals surface area contributed by atoms with Crippen molar-refractivity contribution < 1.29 is 4.92 Å². The Labute approximate surface area is 126 Å². The fourth-order valence-corrected chi connectivity index (χ4v) is 2.54. The molecule has 6 nitrogen and oxygen atoms in total. The van der Waals surface area contributed by atoms with Crippen LogP contribution in [0, 0.1) is 28.4 Å². The Morgan fingerprint density at radius 2 is 2.00 bits per heavy atom. The zero-order valence-electron chi connectivity index (χ0n) is 11.9. The maximum absolute atomic E-state index is 10.7. The van der Waals surface area contributed by atoms with Gasteiger partial charge in [0.1, 0.15) is 5.65 Å². The van der Waals surface area contributed by atoms with Crippen LogP contribution in [0.4, 0.5) is 5.69 Å². The topological polar surface area (TPSA) is 84.2 Å². The molecule has 0 aliphatic carbocycles. The minimum atomic E-state index is -0.437. The molecule has 0 spiro atoms. The normalized spacial score (nSPS) is 10.5. The smallest absolute Gasteiger partial charge is 0.269 e. The van der Waals surface area contributed by atoms with Crippen molar-refractivity contribution in [3.05, 3.63) is 64.0 Å². The number of imidazole rings is 1. The van der Waals surface area contributed by atoms with Gasteiger partial charge in [0.05, 0.1) is 28.8 Å². The van der Waals surface area contributed by atoms with E-state index in [0.717, 1.165) is 22.6 Å². The molecule has 22 heavy (non-hydrogen) atoms. The highest BCUT2D eigenvalue weighted by Gasteiger charge is 2.16.